The number of aromatic hydroxyl groups is 1. The van der Waals surface area contributed by atoms with Crippen LogP contribution in [0.4, 0.5) is 13.2 Å². The number of rotatable bonds is 6. The smallest absolute Gasteiger partial charge is 0.490 e. The van der Waals surface area contributed by atoms with E-state index >= 15 is 0 Å². The number of carbonyl (C=O) groups is 1. The minimum atomic E-state index is -5.08. The van der Waals surface area contributed by atoms with Crippen LogP contribution < -0.4 is 5.56 Å². The van der Waals surface area contributed by atoms with Crippen molar-refractivity contribution < 1.29 is 28.2 Å². The second kappa shape index (κ2) is 12.4. The van der Waals surface area contributed by atoms with Crippen LogP contribution in [0, 0.1) is 5.92 Å². The Morgan fingerprint density at radius 2 is 1.42 bits per heavy atom. The number of carboxylic acid groups (broad SMARTS) is 1. The van der Waals surface area contributed by atoms with Gasteiger partial charge in [0.05, 0.1) is 6.54 Å². The first-order chi connectivity index (χ1) is 17.1. The monoisotopic (exact) mass is 502 g/mol. The molecule has 1 fully saturated rings. The standard InChI is InChI=1S/C25H28N2O2.C2HF3O2/c28-24-23(13-16-27(25(24)29)18-22-9-5-2-6-10-22)19-26-14-11-21(12-15-26)17-20-7-3-1-4-8-20;3-2(4,5)1(6)7/h1-10,13,16,21,28H,11-12,14-15,17-19H2;(H,6,7). The predicted octanol–water partition coefficient (Wildman–Crippen LogP) is 4.69. The summed E-state index contributed by atoms with van der Waals surface area (Å²) in [6, 6.07) is 22.4. The molecule has 6 nitrogen and oxygen atoms in total. The Labute approximate surface area is 207 Å². The van der Waals surface area contributed by atoms with E-state index in [1.165, 1.54) is 5.56 Å². The van der Waals surface area contributed by atoms with Gasteiger partial charge >= 0.3 is 12.1 Å². The van der Waals surface area contributed by atoms with Gasteiger partial charge in [-0.1, -0.05) is 60.7 Å². The Morgan fingerprint density at radius 1 is 0.889 bits per heavy atom. The van der Waals surface area contributed by atoms with Crippen LogP contribution in [0.3, 0.4) is 0 Å². The van der Waals surface area contributed by atoms with Crippen molar-refractivity contribution in [2.24, 2.45) is 5.92 Å². The number of alkyl halides is 3. The van der Waals surface area contributed by atoms with Gasteiger partial charge in [0.15, 0.2) is 5.75 Å². The Hall–Kier alpha value is -3.59. The molecule has 0 radical (unpaired) electrons. The Balaban J connectivity index is 0.000000454. The number of hydrogen-bond donors (Lipinski definition) is 2. The van der Waals surface area contributed by atoms with Crippen LogP contribution in [0.5, 0.6) is 5.75 Å². The number of benzene rings is 2. The molecule has 0 unspecified atom stereocenters. The quantitative estimate of drug-likeness (QED) is 0.511. The third kappa shape index (κ3) is 7.98. The molecule has 1 aliphatic heterocycles. The van der Waals surface area contributed by atoms with Gasteiger partial charge in [-0.15, -0.1) is 0 Å². The minimum absolute atomic E-state index is 0.116. The van der Waals surface area contributed by atoms with Gasteiger partial charge in [0.1, 0.15) is 0 Å². The van der Waals surface area contributed by atoms with E-state index in [1.807, 2.05) is 36.4 Å². The van der Waals surface area contributed by atoms with Crippen LogP contribution >= 0.6 is 0 Å². The normalized spacial score (nSPS) is 14.6. The van der Waals surface area contributed by atoms with Crippen molar-refractivity contribution in [3.63, 3.8) is 0 Å². The van der Waals surface area contributed by atoms with E-state index in [0.717, 1.165) is 43.5 Å². The van der Waals surface area contributed by atoms with Gasteiger partial charge in [-0.3, -0.25) is 9.69 Å². The molecule has 0 spiro atoms. The number of pyridine rings is 1. The van der Waals surface area contributed by atoms with E-state index in [2.05, 4.69) is 35.2 Å². The lowest BCUT2D eigenvalue weighted by molar-refractivity contribution is -0.192. The third-order valence-corrected chi connectivity index (χ3v) is 6.13. The van der Waals surface area contributed by atoms with Crippen LogP contribution in [0.25, 0.3) is 0 Å². The Kier molecular flexibility index (Phi) is 9.30. The fraction of sp³-hybridized carbons (Fsp3) is 0.333. The second-order valence-electron chi connectivity index (χ2n) is 8.82. The molecule has 1 saturated heterocycles. The molecule has 0 bridgehead atoms. The van der Waals surface area contributed by atoms with Crippen molar-refractivity contribution in [2.75, 3.05) is 13.1 Å². The Morgan fingerprint density at radius 3 is 1.94 bits per heavy atom. The maximum atomic E-state index is 12.6. The molecule has 1 aliphatic rings. The number of halogens is 3. The SMILES string of the molecule is O=C(O)C(F)(F)F.O=c1c(O)c(CN2CCC(Cc3ccccc3)CC2)ccn1Cc1ccccc1. The van der Waals surface area contributed by atoms with Crippen molar-refractivity contribution in [3.05, 3.63) is 100.0 Å². The molecule has 0 atom stereocenters. The fourth-order valence-corrected chi connectivity index (χ4v) is 4.17. The number of aliphatic carboxylic acids is 1. The Bertz CT molecular complexity index is 1170. The topological polar surface area (TPSA) is 82.8 Å². The molecular weight excluding hydrogens is 473 g/mol. The molecule has 1 aromatic heterocycles. The summed E-state index contributed by atoms with van der Waals surface area (Å²) < 4.78 is 33.3. The van der Waals surface area contributed by atoms with Gasteiger partial charge in [-0.05, 0) is 55.5 Å². The number of piperidine rings is 1. The largest absolute Gasteiger partial charge is 0.503 e. The van der Waals surface area contributed by atoms with Gasteiger partial charge < -0.3 is 14.8 Å². The summed E-state index contributed by atoms with van der Waals surface area (Å²) in [5.74, 6) is -2.16. The van der Waals surface area contributed by atoms with Crippen LogP contribution in [0.15, 0.2) is 77.7 Å². The molecule has 36 heavy (non-hydrogen) atoms. The van der Waals surface area contributed by atoms with Gasteiger partial charge in [-0.2, -0.15) is 13.2 Å². The highest BCUT2D eigenvalue weighted by Crippen LogP contribution is 2.24. The second-order valence-corrected chi connectivity index (χ2v) is 8.82. The number of nitrogens with zero attached hydrogens (tertiary/aromatic N) is 2. The molecule has 0 saturated carbocycles. The number of aromatic nitrogens is 1. The highest BCUT2D eigenvalue weighted by atomic mass is 19.4. The first kappa shape index (κ1) is 27.0. The summed E-state index contributed by atoms with van der Waals surface area (Å²) in [5.41, 5.74) is 2.86. The predicted molar refractivity (Wildman–Crippen MR) is 130 cm³/mol. The van der Waals surface area contributed by atoms with Crippen molar-refractivity contribution >= 4 is 5.97 Å². The van der Waals surface area contributed by atoms with Crippen molar-refractivity contribution in [1.82, 2.24) is 9.47 Å². The first-order valence-corrected chi connectivity index (χ1v) is 11.6. The highest BCUT2D eigenvalue weighted by molar-refractivity contribution is 5.73. The maximum Gasteiger partial charge on any atom is 0.490 e. The molecule has 0 aliphatic carbocycles. The first-order valence-electron chi connectivity index (χ1n) is 11.6. The highest BCUT2D eigenvalue weighted by Gasteiger charge is 2.38. The molecule has 9 heteroatoms. The van der Waals surface area contributed by atoms with Crippen molar-refractivity contribution in [3.8, 4) is 5.75 Å². The minimum Gasteiger partial charge on any atom is -0.503 e. The molecule has 2 aromatic carbocycles. The lowest BCUT2D eigenvalue weighted by Gasteiger charge is -2.32. The third-order valence-electron chi connectivity index (χ3n) is 6.13. The lowest BCUT2D eigenvalue weighted by atomic mass is 9.90. The number of hydrogen-bond acceptors (Lipinski definition) is 4. The molecule has 2 N–H and O–H groups in total. The zero-order valence-electron chi connectivity index (χ0n) is 19.7. The van der Waals surface area contributed by atoms with E-state index in [-0.39, 0.29) is 11.3 Å². The molecule has 192 valence electrons. The van der Waals surface area contributed by atoms with Crippen molar-refractivity contribution in [2.45, 2.75) is 38.5 Å². The summed E-state index contributed by atoms with van der Waals surface area (Å²) in [4.78, 5) is 23.8. The molecule has 3 aromatic rings. The van der Waals surface area contributed by atoms with E-state index in [1.54, 1.807) is 10.8 Å². The van der Waals surface area contributed by atoms with E-state index in [0.29, 0.717) is 19.0 Å². The molecule has 2 heterocycles. The zero-order chi connectivity index (χ0) is 26.1. The van der Waals surface area contributed by atoms with E-state index in [9.17, 15) is 23.1 Å². The average molecular weight is 503 g/mol. The molecule has 4 rings (SSSR count). The lowest BCUT2D eigenvalue weighted by Crippen LogP contribution is -2.34. The summed E-state index contributed by atoms with van der Waals surface area (Å²) in [7, 11) is 0. The van der Waals surface area contributed by atoms with Gasteiger partial charge in [0.25, 0.3) is 5.56 Å². The van der Waals surface area contributed by atoms with Gasteiger partial charge in [-0.25, -0.2) is 4.79 Å². The maximum absolute atomic E-state index is 12.6. The van der Waals surface area contributed by atoms with Gasteiger partial charge in [0, 0.05) is 18.3 Å². The fourth-order valence-electron chi connectivity index (χ4n) is 4.17. The molecule has 0 amide bonds. The summed E-state index contributed by atoms with van der Waals surface area (Å²) in [6.45, 7) is 3.11. The van der Waals surface area contributed by atoms with Crippen LogP contribution in [0.2, 0.25) is 0 Å². The van der Waals surface area contributed by atoms with E-state index in [4.69, 9.17) is 9.90 Å². The summed E-state index contributed by atoms with van der Waals surface area (Å²) >= 11 is 0. The summed E-state index contributed by atoms with van der Waals surface area (Å²) in [6.07, 6.45) is 0.156. The van der Waals surface area contributed by atoms with Crippen molar-refractivity contribution in [1.29, 1.82) is 0 Å². The average Bonchev–Trinajstić information content (AvgIpc) is 2.86. The van der Waals surface area contributed by atoms with Crippen LogP contribution in [0.1, 0.15) is 29.5 Å². The summed E-state index contributed by atoms with van der Waals surface area (Å²) in [5, 5.41) is 17.6. The van der Waals surface area contributed by atoms with Crippen LogP contribution in [-0.4, -0.2) is 44.9 Å². The number of carboxylic acids is 1. The van der Waals surface area contributed by atoms with Crippen LogP contribution in [-0.2, 0) is 24.3 Å². The number of likely N-dealkylation sites (tertiary alicyclic amines) is 1. The van der Waals surface area contributed by atoms with E-state index < -0.39 is 12.1 Å². The molecular formula is C27H29F3N2O4. The van der Waals surface area contributed by atoms with Gasteiger partial charge in [0.2, 0.25) is 0 Å². The zero-order valence-corrected chi connectivity index (χ0v) is 19.7.